The lowest BCUT2D eigenvalue weighted by molar-refractivity contribution is -0.128. The summed E-state index contributed by atoms with van der Waals surface area (Å²) in [7, 11) is 4.51. The molecule has 0 radical (unpaired) electrons. The Hall–Kier alpha value is -4.50. The smallest absolute Gasteiger partial charge is 0.347 e. The molecule has 18 heteroatoms. The molecule has 4 aromatic rings. The van der Waals surface area contributed by atoms with Crippen molar-refractivity contribution >= 4 is 69.0 Å². The van der Waals surface area contributed by atoms with Crippen LogP contribution in [-0.2, 0) is 36.1 Å². The Morgan fingerprint density at radius 2 is 1.64 bits per heavy atom. The van der Waals surface area contributed by atoms with Crippen molar-refractivity contribution in [3.63, 3.8) is 0 Å². The topological polar surface area (TPSA) is 166 Å². The molecule has 2 aromatic heterocycles. The molecule has 53 heavy (non-hydrogen) atoms. The van der Waals surface area contributed by atoms with Gasteiger partial charge in [-0.05, 0) is 18.6 Å². The van der Waals surface area contributed by atoms with Gasteiger partial charge >= 0.3 is 11.4 Å². The maximum absolute atomic E-state index is 14.3. The first-order valence-electron chi connectivity index (χ1n) is 16.4. The normalized spacial score (nSPS) is 23.7. The minimum absolute atomic E-state index is 0.0736. The van der Waals surface area contributed by atoms with Crippen molar-refractivity contribution in [1.29, 1.82) is 0 Å². The van der Waals surface area contributed by atoms with Gasteiger partial charge in [0.1, 0.15) is 25.5 Å². The predicted octanol–water partition coefficient (Wildman–Crippen LogP) is 3.89. The summed E-state index contributed by atoms with van der Waals surface area (Å²) < 4.78 is 21.0. The highest BCUT2D eigenvalue weighted by Crippen LogP contribution is 2.64. The average Bonchev–Trinajstić information content (AvgIpc) is 3.39. The Kier molecular flexibility index (Phi) is 9.12. The number of fused-ring (bicyclic) bond motifs is 5. The number of nitrogens with zero attached hydrogens (tertiary/aromatic N) is 5. The standard InChI is InChI=1S/C35H31Cl4N5O9/c1-5-53-22-8-6-7-17(28(22)45)25-16-9-12-43-32(49)42(11-10-18-31(48)41(2)20-14-24(52-4)23(51-3)13-19(20)40-18)33(50)44(43)21(16)15-34(38)29(46)26(36)27(37)30(47)35(25,34)39/h6-9,13-14,21,25,45H,5,10-12,15H2,1-4H3/t21-,25-,34-,35+/m1/s1. The zero-order valence-corrected chi connectivity index (χ0v) is 31.6. The van der Waals surface area contributed by atoms with Gasteiger partial charge in [-0.25, -0.2) is 28.5 Å². The predicted molar refractivity (Wildman–Crippen MR) is 196 cm³/mol. The number of methoxy groups -OCH3 is 2. The van der Waals surface area contributed by atoms with Gasteiger partial charge in [0, 0.05) is 50.0 Å². The van der Waals surface area contributed by atoms with Crippen LogP contribution in [0, 0.1) is 0 Å². The fourth-order valence-electron chi connectivity index (χ4n) is 7.69. The quantitative estimate of drug-likeness (QED) is 0.204. The third-order valence-electron chi connectivity index (χ3n) is 10.2. The number of aryl methyl sites for hydroxylation is 2. The van der Waals surface area contributed by atoms with Gasteiger partial charge in [0.05, 0.1) is 44.4 Å². The molecule has 1 saturated carbocycles. The number of ether oxygens (including phenoxy) is 3. The van der Waals surface area contributed by atoms with Crippen LogP contribution in [0.1, 0.15) is 36.6 Å². The molecule has 7 rings (SSSR count). The number of alkyl halides is 2. The zero-order valence-electron chi connectivity index (χ0n) is 28.6. The number of Topliss-reactive ketones (excluding diaryl/α,β-unsaturated/α-hetero) is 2. The lowest BCUT2D eigenvalue weighted by Crippen LogP contribution is -2.67. The number of halogens is 4. The molecule has 1 fully saturated rings. The van der Waals surface area contributed by atoms with Crippen LogP contribution >= 0.6 is 46.4 Å². The van der Waals surface area contributed by atoms with Crippen LogP contribution in [0.5, 0.6) is 23.0 Å². The van der Waals surface area contributed by atoms with Gasteiger partial charge in [0.2, 0.25) is 0 Å². The molecule has 0 amide bonds. The van der Waals surface area contributed by atoms with Crippen LogP contribution in [0.2, 0.25) is 0 Å². The van der Waals surface area contributed by atoms with Crippen LogP contribution < -0.4 is 31.1 Å². The number of phenolic OH excluding ortho intramolecular Hbond substituents is 1. The summed E-state index contributed by atoms with van der Waals surface area (Å²) in [6.45, 7) is 1.52. The summed E-state index contributed by atoms with van der Waals surface area (Å²) in [6, 6.07) is 6.70. The minimum atomic E-state index is -2.32. The number of para-hydroxylation sites is 1. The number of hydrogen-bond donors (Lipinski definition) is 1. The summed E-state index contributed by atoms with van der Waals surface area (Å²) in [4.78, 5) is 69.4. The third kappa shape index (κ3) is 5.13. The Morgan fingerprint density at radius 1 is 0.962 bits per heavy atom. The fourth-order valence-corrected chi connectivity index (χ4v) is 9.20. The molecule has 2 aliphatic carbocycles. The molecule has 1 N–H and O–H groups in total. The first-order valence-corrected chi connectivity index (χ1v) is 17.9. The maximum atomic E-state index is 14.3. The van der Waals surface area contributed by atoms with Gasteiger partial charge in [0.25, 0.3) is 5.56 Å². The molecule has 3 aliphatic rings. The second-order valence-corrected chi connectivity index (χ2v) is 14.8. The van der Waals surface area contributed by atoms with Gasteiger partial charge in [-0.15, -0.1) is 23.2 Å². The second kappa shape index (κ2) is 13.1. The van der Waals surface area contributed by atoms with Crippen molar-refractivity contribution in [2.24, 2.45) is 7.05 Å². The van der Waals surface area contributed by atoms with Gasteiger partial charge < -0.3 is 23.9 Å². The van der Waals surface area contributed by atoms with Crippen molar-refractivity contribution < 1.29 is 28.9 Å². The Bertz CT molecular complexity index is 2520. The van der Waals surface area contributed by atoms with E-state index < -0.39 is 66.7 Å². The molecule has 4 atom stereocenters. The van der Waals surface area contributed by atoms with Crippen LogP contribution in [-0.4, -0.2) is 70.7 Å². The first kappa shape index (κ1) is 36.8. The number of hydrogen-bond acceptors (Lipinski definition) is 10. The molecule has 0 unspecified atom stereocenters. The number of aromatic nitrogens is 5. The van der Waals surface area contributed by atoms with E-state index in [0.29, 0.717) is 28.1 Å². The van der Waals surface area contributed by atoms with E-state index in [9.17, 15) is 29.1 Å². The van der Waals surface area contributed by atoms with E-state index in [1.165, 1.54) is 35.6 Å². The lowest BCUT2D eigenvalue weighted by Gasteiger charge is -2.54. The SMILES string of the molecule is CCOc1cccc([C@H]2C3=CCn4c(=O)n(CCc5nc6cc(OC)c(OC)cc6n(C)c5=O)c(=O)n4[C@@H]3C[C@@]3(Cl)C(=O)C(Cl)=C(Cl)C(=O)[C@@]23Cl)c1O. The van der Waals surface area contributed by atoms with E-state index in [0.717, 1.165) is 9.25 Å². The van der Waals surface area contributed by atoms with E-state index in [1.807, 2.05) is 0 Å². The zero-order chi connectivity index (χ0) is 38.3. The molecule has 0 bridgehead atoms. The maximum Gasteiger partial charge on any atom is 0.347 e. The number of rotatable bonds is 8. The minimum Gasteiger partial charge on any atom is -0.504 e. The summed E-state index contributed by atoms with van der Waals surface area (Å²) in [5, 5.41) is 10.2. The summed E-state index contributed by atoms with van der Waals surface area (Å²) in [5.41, 5.74) is -0.526. The Morgan fingerprint density at radius 3 is 2.32 bits per heavy atom. The van der Waals surface area contributed by atoms with Crippen molar-refractivity contribution in [3.05, 3.63) is 94.6 Å². The molecular weight excluding hydrogens is 776 g/mol. The van der Waals surface area contributed by atoms with E-state index >= 15 is 0 Å². The monoisotopic (exact) mass is 805 g/mol. The first-order chi connectivity index (χ1) is 25.2. The van der Waals surface area contributed by atoms with Crippen molar-refractivity contribution in [1.82, 2.24) is 23.5 Å². The highest BCUT2D eigenvalue weighted by atomic mass is 35.5. The Labute approximate surface area is 320 Å². The molecule has 278 valence electrons. The van der Waals surface area contributed by atoms with Crippen LogP contribution in [0.15, 0.2) is 66.4 Å². The largest absolute Gasteiger partial charge is 0.504 e. The highest BCUT2D eigenvalue weighted by Gasteiger charge is 2.71. The van der Waals surface area contributed by atoms with Gasteiger partial charge in [-0.1, -0.05) is 41.4 Å². The van der Waals surface area contributed by atoms with E-state index in [-0.39, 0.29) is 48.9 Å². The van der Waals surface area contributed by atoms with Crippen molar-refractivity contribution in [2.45, 2.75) is 54.6 Å². The molecule has 1 aliphatic heterocycles. The molecule has 2 aromatic carbocycles. The van der Waals surface area contributed by atoms with Crippen molar-refractivity contribution in [2.75, 3.05) is 20.8 Å². The molecule has 0 spiro atoms. The van der Waals surface area contributed by atoms with E-state index in [2.05, 4.69) is 4.98 Å². The highest BCUT2D eigenvalue weighted by molar-refractivity contribution is 6.66. The van der Waals surface area contributed by atoms with Crippen LogP contribution in [0.25, 0.3) is 11.0 Å². The summed E-state index contributed by atoms with van der Waals surface area (Å²) in [5.74, 6) is -2.74. The number of aromatic hydroxyl groups is 1. The van der Waals surface area contributed by atoms with Gasteiger partial charge in [0.15, 0.2) is 34.6 Å². The molecule has 0 saturated heterocycles. The summed E-state index contributed by atoms with van der Waals surface area (Å²) in [6.07, 6.45) is 1.07. The van der Waals surface area contributed by atoms with Crippen LogP contribution in [0.3, 0.4) is 0 Å². The van der Waals surface area contributed by atoms with E-state index in [1.54, 1.807) is 38.2 Å². The van der Waals surface area contributed by atoms with Gasteiger partial charge in [-0.2, -0.15) is 0 Å². The number of ketones is 2. The fraction of sp³-hybridized carbons (Fsp3) is 0.371. The molecule has 14 nitrogen and oxygen atoms in total. The summed E-state index contributed by atoms with van der Waals surface area (Å²) >= 11 is 27.1. The van der Waals surface area contributed by atoms with E-state index in [4.69, 9.17) is 60.6 Å². The van der Waals surface area contributed by atoms with Gasteiger partial charge in [-0.3, -0.25) is 14.4 Å². The van der Waals surface area contributed by atoms with Crippen LogP contribution in [0.4, 0.5) is 0 Å². The molecular formula is C35H31Cl4N5O9. The number of carbonyl (C=O) groups is 2. The Balaban J connectivity index is 1.35. The number of allylic oxidation sites excluding steroid dienone is 4. The number of phenols is 1. The molecule has 3 heterocycles. The second-order valence-electron chi connectivity index (χ2n) is 12.8. The number of benzene rings is 2. The lowest BCUT2D eigenvalue weighted by atomic mass is 9.59. The third-order valence-corrected chi connectivity index (χ3v) is 12.5. The average molecular weight is 807 g/mol. The van der Waals surface area contributed by atoms with Crippen molar-refractivity contribution in [3.8, 4) is 23.0 Å². The number of carbonyl (C=O) groups excluding carboxylic acids is 2.